The molecule has 1 aromatic rings. The van der Waals surface area contributed by atoms with Crippen LogP contribution in [0.1, 0.15) is 91.2 Å². The van der Waals surface area contributed by atoms with Gasteiger partial charge in [-0.05, 0) is 63.2 Å². The van der Waals surface area contributed by atoms with Gasteiger partial charge in [-0.3, -0.25) is 0 Å². The summed E-state index contributed by atoms with van der Waals surface area (Å²) in [5.41, 5.74) is 5.92. The predicted octanol–water partition coefficient (Wildman–Crippen LogP) is 8.66. The maximum atomic E-state index is 12.5. The molecule has 1 rings (SSSR count). The van der Waals surface area contributed by atoms with E-state index in [-0.39, 0.29) is 0 Å². The second kappa shape index (κ2) is 16.0. The van der Waals surface area contributed by atoms with Crippen molar-refractivity contribution in [1.82, 2.24) is 5.32 Å². The van der Waals surface area contributed by atoms with Gasteiger partial charge in [0.1, 0.15) is 12.5 Å². The van der Waals surface area contributed by atoms with E-state index in [1.807, 2.05) is 45.9 Å². The van der Waals surface area contributed by atoms with Crippen LogP contribution >= 0.6 is 0 Å². The monoisotopic (exact) mass is 465 g/mol. The normalized spacial score (nSPS) is 14.5. The van der Waals surface area contributed by atoms with E-state index in [0.717, 1.165) is 28.3 Å². The molecule has 0 saturated heterocycles. The first-order valence-electron chi connectivity index (χ1n) is 12.4. The molecule has 0 radical (unpaired) electrons. The molecule has 0 saturated carbocycles. The fourth-order valence-corrected chi connectivity index (χ4v) is 3.30. The van der Waals surface area contributed by atoms with Crippen LogP contribution in [0.4, 0.5) is 4.39 Å². The molecule has 2 unspecified atom stereocenters. The summed E-state index contributed by atoms with van der Waals surface area (Å²) in [6.07, 6.45) is 13.0. The van der Waals surface area contributed by atoms with Crippen molar-refractivity contribution in [2.75, 3.05) is 6.67 Å². The van der Waals surface area contributed by atoms with Gasteiger partial charge in [-0.25, -0.2) is 9.38 Å². The van der Waals surface area contributed by atoms with Gasteiger partial charge in [0.05, 0.1) is 0 Å². The van der Waals surface area contributed by atoms with E-state index in [9.17, 15) is 4.39 Å². The topological polar surface area (TPSA) is 48.2 Å². The molecule has 0 spiro atoms. The number of alkyl halides is 1. The van der Waals surface area contributed by atoms with Crippen LogP contribution in [0.2, 0.25) is 0 Å². The van der Waals surface area contributed by atoms with Gasteiger partial charge in [-0.2, -0.15) is 0 Å². The maximum absolute atomic E-state index is 12.5. The number of hydrogen-bond donors (Lipinski definition) is 2. The summed E-state index contributed by atoms with van der Waals surface area (Å²) in [4.78, 5) is 4.40. The molecular weight excluding hydrogens is 421 g/mol. The van der Waals surface area contributed by atoms with Crippen molar-refractivity contribution in [3.05, 3.63) is 82.7 Å². The summed E-state index contributed by atoms with van der Waals surface area (Å²) in [6, 6.07) is 8.47. The molecule has 0 aliphatic heterocycles. The van der Waals surface area contributed by atoms with E-state index in [1.54, 1.807) is 0 Å². The van der Waals surface area contributed by atoms with Gasteiger partial charge < -0.3 is 10.7 Å². The lowest BCUT2D eigenvalue weighted by molar-refractivity contribution is 0.470. The van der Waals surface area contributed by atoms with Crippen molar-refractivity contribution in [2.45, 2.75) is 80.1 Å². The van der Waals surface area contributed by atoms with Crippen molar-refractivity contribution >= 4 is 11.5 Å². The number of benzene rings is 1. The Bertz CT molecular complexity index is 913. The minimum Gasteiger partial charge on any atom is -0.344 e. The molecule has 34 heavy (non-hydrogen) atoms. The summed E-state index contributed by atoms with van der Waals surface area (Å²) in [7, 11) is 0. The first-order chi connectivity index (χ1) is 16.2. The number of nitrogens with zero attached hydrogens (tertiary/aromatic N) is 1. The number of allylic oxidation sites excluding steroid dienone is 5. The van der Waals surface area contributed by atoms with Crippen molar-refractivity contribution in [1.29, 1.82) is 5.41 Å². The van der Waals surface area contributed by atoms with E-state index in [1.165, 1.54) is 37.1 Å². The zero-order chi connectivity index (χ0) is 25.5. The summed E-state index contributed by atoms with van der Waals surface area (Å²) in [5, 5.41) is 11.8. The third kappa shape index (κ3) is 10.5. The van der Waals surface area contributed by atoms with Gasteiger partial charge in [0.25, 0.3) is 0 Å². The molecule has 0 aromatic heterocycles. The van der Waals surface area contributed by atoms with Crippen molar-refractivity contribution < 1.29 is 4.39 Å². The fourth-order valence-electron chi connectivity index (χ4n) is 3.30. The average molecular weight is 466 g/mol. The van der Waals surface area contributed by atoms with E-state index in [4.69, 9.17) is 5.41 Å². The van der Waals surface area contributed by atoms with Gasteiger partial charge in [-0.1, -0.05) is 81.7 Å². The lowest BCUT2D eigenvalue weighted by atomic mass is 9.90. The smallest absolute Gasteiger partial charge is 0.136 e. The highest BCUT2D eigenvalue weighted by Crippen LogP contribution is 2.24. The van der Waals surface area contributed by atoms with Crippen molar-refractivity contribution in [2.24, 2.45) is 10.9 Å². The highest BCUT2D eigenvalue weighted by atomic mass is 19.1. The van der Waals surface area contributed by atoms with Crippen LogP contribution in [0.5, 0.6) is 0 Å². The van der Waals surface area contributed by atoms with Gasteiger partial charge in [0.15, 0.2) is 0 Å². The Morgan fingerprint density at radius 1 is 1.09 bits per heavy atom. The SMILES string of the molecule is C/C=C(C=CCC(=N)c1ccc(C(C)CCC(C)CC)cc1)/C(=N/C=C/CF)NC(C)=C(C)C. The number of nitrogens with one attached hydrogen (secondary N) is 2. The number of hydrogen-bond acceptors (Lipinski definition) is 2. The van der Waals surface area contributed by atoms with E-state index < -0.39 is 6.67 Å². The summed E-state index contributed by atoms with van der Waals surface area (Å²) in [6.45, 7) is 14.3. The fraction of sp³-hybridized carbons (Fsp3) is 0.467. The summed E-state index contributed by atoms with van der Waals surface area (Å²) >= 11 is 0. The molecule has 0 fully saturated rings. The Balaban J connectivity index is 2.84. The largest absolute Gasteiger partial charge is 0.344 e. The Hall–Kier alpha value is -2.75. The molecular formula is C30H44FN3. The highest BCUT2D eigenvalue weighted by molar-refractivity contribution is 6.02. The molecule has 1 aromatic carbocycles. The average Bonchev–Trinajstić information content (AvgIpc) is 2.84. The van der Waals surface area contributed by atoms with Crippen LogP contribution in [0.15, 0.2) is 76.6 Å². The molecule has 0 bridgehead atoms. The standard InChI is InChI=1S/C30H44FN3/c1-8-23(5)14-15-24(6)27-16-18-28(19-17-27)29(32)13-10-12-26(9-2)30(33-21-11-20-31)34-25(7)22(3)4/h9-12,16-19,21,23-24,32H,8,13-15,20H2,1-7H3,(H,33,34)/b12-10?,21-11+,26-9+,32-29?. The van der Waals surface area contributed by atoms with Crippen LogP contribution in [-0.2, 0) is 0 Å². The van der Waals surface area contributed by atoms with Crippen LogP contribution in [-0.4, -0.2) is 18.2 Å². The third-order valence-electron chi connectivity index (χ3n) is 6.28. The zero-order valence-corrected chi connectivity index (χ0v) is 22.2. The Morgan fingerprint density at radius 3 is 2.32 bits per heavy atom. The minimum absolute atomic E-state index is 0.523. The molecule has 2 atom stereocenters. The number of rotatable bonds is 13. The van der Waals surface area contributed by atoms with Crippen molar-refractivity contribution in [3.8, 4) is 0 Å². The van der Waals surface area contributed by atoms with Crippen LogP contribution in [0.25, 0.3) is 0 Å². The molecule has 0 heterocycles. The first-order valence-corrected chi connectivity index (χ1v) is 12.4. The van der Waals surface area contributed by atoms with Crippen LogP contribution in [0.3, 0.4) is 0 Å². The van der Waals surface area contributed by atoms with Gasteiger partial charge in [-0.15, -0.1) is 0 Å². The molecule has 0 aliphatic rings. The summed E-state index contributed by atoms with van der Waals surface area (Å²) in [5.74, 6) is 1.97. The molecule has 0 aliphatic carbocycles. The van der Waals surface area contributed by atoms with Crippen molar-refractivity contribution in [3.63, 3.8) is 0 Å². The minimum atomic E-state index is -0.550. The zero-order valence-electron chi connectivity index (χ0n) is 22.2. The lowest BCUT2D eigenvalue weighted by Crippen LogP contribution is -2.23. The summed E-state index contributed by atoms with van der Waals surface area (Å²) < 4.78 is 12.5. The molecule has 186 valence electrons. The Kier molecular flexibility index (Phi) is 13.8. The molecule has 2 N–H and O–H groups in total. The van der Waals surface area contributed by atoms with E-state index in [0.29, 0.717) is 23.9 Å². The second-order valence-electron chi connectivity index (χ2n) is 9.21. The van der Waals surface area contributed by atoms with Crippen LogP contribution in [0, 0.1) is 11.3 Å². The van der Waals surface area contributed by atoms with Gasteiger partial charge in [0.2, 0.25) is 0 Å². The Morgan fingerprint density at radius 2 is 1.76 bits per heavy atom. The second-order valence-corrected chi connectivity index (χ2v) is 9.21. The third-order valence-corrected chi connectivity index (χ3v) is 6.28. The van der Waals surface area contributed by atoms with Gasteiger partial charge in [0, 0.05) is 29.6 Å². The quantitative estimate of drug-likeness (QED) is 0.171. The maximum Gasteiger partial charge on any atom is 0.136 e. The highest BCUT2D eigenvalue weighted by Gasteiger charge is 2.09. The van der Waals surface area contributed by atoms with Gasteiger partial charge >= 0.3 is 0 Å². The number of aliphatic imine (C=N–C) groups is 1. The Labute approximate surface area is 207 Å². The van der Waals surface area contributed by atoms with E-state index in [2.05, 4.69) is 55.3 Å². The number of halogens is 1. The lowest BCUT2D eigenvalue weighted by Gasteiger charge is -2.15. The molecule has 3 nitrogen and oxygen atoms in total. The van der Waals surface area contributed by atoms with E-state index >= 15 is 0 Å². The first kappa shape index (κ1) is 29.3. The molecule has 0 amide bonds. The molecule has 4 heteroatoms. The predicted molar refractivity (Wildman–Crippen MR) is 148 cm³/mol. The number of amidine groups is 1. The van der Waals surface area contributed by atoms with Crippen LogP contribution < -0.4 is 5.32 Å².